The van der Waals surface area contributed by atoms with Crippen molar-refractivity contribution in [1.29, 1.82) is 0 Å². The summed E-state index contributed by atoms with van der Waals surface area (Å²) in [6.45, 7) is 0.669. The van der Waals surface area contributed by atoms with Crippen molar-refractivity contribution in [2.75, 3.05) is 18.8 Å². The second-order valence-electron chi connectivity index (χ2n) is 9.36. The highest BCUT2D eigenvalue weighted by Crippen LogP contribution is 2.39. The van der Waals surface area contributed by atoms with Gasteiger partial charge in [-0.1, -0.05) is 5.16 Å². The Kier molecular flexibility index (Phi) is 6.42. The molecule has 0 atom stereocenters. The molecular formula is C25H25F4N5O3. The van der Waals surface area contributed by atoms with Crippen LogP contribution < -0.4 is 10.5 Å². The normalized spacial score (nSPS) is 18.2. The lowest BCUT2D eigenvalue weighted by Crippen LogP contribution is -2.38. The fraction of sp³-hybridized carbons (Fsp3) is 0.400. The highest BCUT2D eigenvalue weighted by molar-refractivity contribution is 5.99. The number of amides is 1. The van der Waals surface area contributed by atoms with E-state index in [-0.39, 0.29) is 17.2 Å². The molecule has 2 aliphatic rings. The number of ether oxygens (including phenoxy) is 1. The summed E-state index contributed by atoms with van der Waals surface area (Å²) in [4.78, 5) is 22.2. The fourth-order valence-electron chi connectivity index (χ4n) is 5.40. The summed E-state index contributed by atoms with van der Waals surface area (Å²) >= 11 is 0. The molecule has 37 heavy (non-hydrogen) atoms. The van der Waals surface area contributed by atoms with E-state index < -0.39 is 23.8 Å². The Morgan fingerprint density at radius 2 is 1.92 bits per heavy atom. The summed E-state index contributed by atoms with van der Waals surface area (Å²) in [5.41, 5.74) is 9.68. The lowest BCUT2D eigenvalue weighted by molar-refractivity contribution is -0.274. The topological polar surface area (TPSA) is 117 Å². The first-order valence-electron chi connectivity index (χ1n) is 12.0. The lowest BCUT2D eigenvalue weighted by atomic mass is 9.86. The Balaban J connectivity index is 1.35. The maximum Gasteiger partial charge on any atom is 0.573 e. The van der Waals surface area contributed by atoms with Gasteiger partial charge < -0.3 is 25.6 Å². The van der Waals surface area contributed by atoms with Crippen LogP contribution in [0, 0.1) is 5.82 Å². The van der Waals surface area contributed by atoms with E-state index in [1.165, 1.54) is 12.3 Å². The van der Waals surface area contributed by atoms with E-state index in [1.807, 2.05) is 0 Å². The lowest BCUT2D eigenvalue weighted by Gasteiger charge is -2.33. The Morgan fingerprint density at radius 1 is 1.19 bits per heavy atom. The van der Waals surface area contributed by atoms with Gasteiger partial charge in [-0.15, -0.1) is 13.2 Å². The first-order chi connectivity index (χ1) is 17.6. The van der Waals surface area contributed by atoms with Gasteiger partial charge in [0.05, 0.1) is 17.5 Å². The number of halogens is 4. The average molecular weight is 519 g/mol. The number of rotatable bonds is 3. The summed E-state index contributed by atoms with van der Waals surface area (Å²) in [5, 5.41) is 13.3. The molecule has 1 fully saturated rings. The number of alkyl halides is 3. The first-order valence-corrected chi connectivity index (χ1v) is 12.0. The molecule has 0 radical (unpaired) electrons. The van der Waals surface area contributed by atoms with Gasteiger partial charge in [-0.25, -0.2) is 9.37 Å². The molecule has 1 saturated heterocycles. The molecule has 1 aliphatic carbocycles. The smallest absolute Gasteiger partial charge is 0.411 e. The van der Waals surface area contributed by atoms with E-state index in [0.29, 0.717) is 68.5 Å². The van der Waals surface area contributed by atoms with Gasteiger partial charge in [0.15, 0.2) is 0 Å². The van der Waals surface area contributed by atoms with Crippen molar-refractivity contribution >= 4 is 28.3 Å². The SMILES string of the molecule is Nc1cc(OC(F)(F)F)ccc1C(=O)N1CCC(c2c(F)cnc3[nH]c4c(c23)CCC(=NO)CC4)CC1. The van der Waals surface area contributed by atoms with Crippen LogP contribution in [-0.4, -0.2) is 51.1 Å². The van der Waals surface area contributed by atoms with Gasteiger partial charge in [0.2, 0.25) is 0 Å². The summed E-state index contributed by atoms with van der Waals surface area (Å²) < 4.78 is 56.5. The third-order valence-electron chi connectivity index (χ3n) is 7.15. The zero-order valence-electron chi connectivity index (χ0n) is 19.7. The molecule has 3 aromatic rings. The molecule has 0 unspecified atom stereocenters. The molecular weight excluding hydrogens is 494 g/mol. The monoisotopic (exact) mass is 519 g/mol. The number of carbonyl (C=O) groups excluding carboxylic acids is 1. The number of nitrogens with one attached hydrogen (secondary N) is 1. The number of carbonyl (C=O) groups is 1. The van der Waals surface area contributed by atoms with Gasteiger partial charge in [0.25, 0.3) is 5.91 Å². The van der Waals surface area contributed by atoms with Crippen LogP contribution in [0.25, 0.3) is 11.0 Å². The van der Waals surface area contributed by atoms with Crippen LogP contribution >= 0.6 is 0 Å². The van der Waals surface area contributed by atoms with Gasteiger partial charge in [-0.2, -0.15) is 0 Å². The minimum absolute atomic E-state index is 0.0859. The molecule has 1 amide bonds. The molecule has 3 heterocycles. The minimum atomic E-state index is -4.86. The molecule has 0 saturated carbocycles. The number of benzene rings is 1. The van der Waals surface area contributed by atoms with E-state index in [9.17, 15) is 23.2 Å². The Bertz CT molecular complexity index is 1380. The number of oxime groups is 1. The largest absolute Gasteiger partial charge is 0.573 e. The molecule has 0 bridgehead atoms. The maximum atomic E-state index is 15.2. The second-order valence-corrected chi connectivity index (χ2v) is 9.36. The van der Waals surface area contributed by atoms with Gasteiger partial charge in [-0.3, -0.25) is 4.79 Å². The van der Waals surface area contributed by atoms with Crippen LogP contribution in [0.3, 0.4) is 0 Å². The third kappa shape index (κ3) is 4.92. The molecule has 2 aromatic heterocycles. The number of hydrogen-bond acceptors (Lipinski definition) is 6. The molecule has 196 valence electrons. The van der Waals surface area contributed by atoms with E-state index in [0.717, 1.165) is 28.8 Å². The summed E-state index contributed by atoms with van der Waals surface area (Å²) in [5.74, 6) is -1.45. The van der Waals surface area contributed by atoms with Crippen molar-refractivity contribution in [2.45, 2.75) is 50.8 Å². The standard InChI is InChI=1S/C25H25F4N5O3/c26-18-12-31-23-22(17-4-1-14(33-36)2-6-20(17)32-23)21(18)13-7-9-34(10-8-13)24(35)16-5-3-15(11-19(16)30)37-25(27,28)29/h3,5,11-13,36H,1-2,4,6-10,30H2,(H,31,32). The number of H-pyrrole nitrogens is 1. The number of anilines is 1. The number of likely N-dealkylation sites (tertiary alicyclic amines) is 1. The van der Waals surface area contributed by atoms with Crippen molar-refractivity contribution in [3.8, 4) is 5.75 Å². The highest BCUT2D eigenvalue weighted by Gasteiger charge is 2.33. The Morgan fingerprint density at radius 3 is 2.59 bits per heavy atom. The third-order valence-corrected chi connectivity index (χ3v) is 7.15. The number of nitrogens with two attached hydrogens (primary N) is 1. The van der Waals surface area contributed by atoms with Gasteiger partial charge in [0, 0.05) is 41.5 Å². The number of pyridine rings is 1. The van der Waals surface area contributed by atoms with Crippen molar-refractivity contribution in [3.63, 3.8) is 0 Å². The van der Waals surface area contributed by atoms with Gasteiger partial charge in [0.1, 0.15) is 17.2 Å². The van der Waals surface area contributed by atoms with E-state index >= 15 is 4.39 Å². The van der Waals surface area contributed by atoms with Gasteiger partial charge in [-0.05, 0) is 62.1 Å². The summed E-state index contributed by atoms with van der Waals surface area (Å²) in [6.07, 6.45) is -0.197. The van der Waals surface area contributed by atoms with Crippen LogP contribution in [0.15, 0.2) is 29.6 Å². The number of piperidine rings is 1. The molecule has 12 heteroatoms. The fourth-order valence-corrected chi connectivity index (χ4v) is 5.40. The number of hydrogen-bond donors (Lipinski definition) is 3. The van der Waals surface area contributed by atoms with Crippen molar-refractivity contribution in [1.82, 2.24) is 14.9 Å². The Labute approximate surface area is 209 Å². The first kappa shape index (κ1) is 24.8. The minimum Gasteiger partial charge on any atom is -0.411 e. The number of aromatic nitrogens is 2. The maximum absolute atomic E-state index is 15.2. The summed E-state index contributed by atoms with van der Waals surface area (Å²) in [7, 11) is 0. The number of nitrogen functional groups attached to an aromatic ring is 1. The van der Waals surface area contributed by atoms with Crippen LogP contribution in [0.2, 0.25) is 0 Å². The number of aromatic amines is 1. The molecule has 5 rings (SSSR count). The van der Waals surface area contributed by atoms with Crippen LogP contribution in [-0.2, 0) is 12.8 Å². The van der Waals surface area contributed by atoms with Crippen molar-refractivity contribution < 1.29 is 32.3 Å². The molecule has 4 N–H and O–H groups in total. The number of fused-ring (bicyclic) bond motifs is 3. The van der Waals surface area contributed by atoms with Crippen LogP contribution in [0.5, 0.6) is 5.75 Å². The highest BCUT2D eigenvalue weighted by atomic mass is 19.4. The van der Waals surface area contributed by atoms with Crippen LogP contribution in [0.1, 0.15) is 58.8 Å². The second kappa shape index (κ2) is 9.56. The molecule has 1 aliphatic heterocycles. The summed E-state index contributed by atoms with van der Waals surface area (Å²) in [6, 6.07) is 3.24. The van der Waals surface area contributed by atoms with Crippen LogP contribution in [0.4, 0.5) is 23.2 Å². The quantitative estimate of drug-likeness (QED) is 0.149. The van der Waals surface area contributed by atoms with Crippen molar-refractivity contribution in [2.24, 2.45) is 5.16 Å². The molecule has 8 nitrogen and oxygen atoms in total. The average Bonchev–Trinajstić information content (AvgIpc) is 3.07. The van der Waals surface area contributed by atoms with E-state index in [4.69, 9.17) is 5.73 Å². The predicted molar refractivity (Wildman–Crippen MR) is 127 cm³/mol. The Hall–Kier alpha value is -3.83. The van der Waals surface area contributed by atoms with E-state index in [1.54, 1.807) is 4.90 Å². The number of nitrogens with zero attached hydrogens (tertiary/aromatic N) is 3. The van der Waals surface area contributed by atoms with E-state index in [2.05, 4.69) is 19.9 Å². The van der Waals surface area contributed by atoms with Crippen molar-refractivity contribution in [3.05, 3.63) is 52.6 Å². The molecule has 0 spiro atoms. The zero-order valence-corrected chi connectivity index (χ0v) is 19.7. The number of aryl methyl sites for hydroxylation is 2. The predicted octanol–water partition coefficient (Wildman–Crippen LogP) is 4.91. The zero-order chi connectivity index (χ0) is 26.3. The van der Waals surface area contributed by atoms with Gasteiger partial charge >= 0.3 is 6.36 Å². The molecule has 1 aromatic carbocycles.